The van der Waals surface area contributed by atoms with Crippen LogP contribution < -0.4 is 9.80 Å². The molecule has 25 rings (SSSR count). The van der Waals surface area contributed by atoms with Crippen molar-refractivity contribution in [2.45, 2.75) is 174 Å². The minimum absolute atomic E-state index is 0.0274. The summed E-state index contributed by atoms with van der Waals surface area (Å²) >= 11 is 0. The van der Waals surface area contributed by atoms with Crippen molar-refractivity contribution < 1.29 is 0 Å². The van der Waals surface area contributed by atoms with Gasteiger partial charge < -0.3 is 9.80 Å². The van der Waals surface area contributed by atoms with Crippen molar-refractivity contribution in [3.63, 3.8) is 0 Å². The summed E-state index contributed by atoms with van der Waals surface area (Å²) in [5.41, 5.74) is 62.1. The van der Waals surface area contributed by atoms with Crippen LogP contribution in [0, 0.1) is 55.4 Å². The molecule has 0 radical (unpaired) electrons. The maximum Gasteiger partial charge on any atom is 0.0714 e. The predicted molar refractivity (Wildman–Crippen MR) is 595 cm³/mol. The van der Waals surface area contributed by atoms with Crippen LogP contribution in [0.2, 0.25) is 0 Å². The van der Waals surface area contributed by atoms with Crippen LogP contribution in [0.3, 0.4) is 0 Å². The van der Waals surface area contributed by atoms with E-state index >= 15 is 0 Å². The number of hydrogen-bond donors (Lipinski definition) is 0. The minimum atomic E-state index is -0.455. The highest BCUT2D eigenvalue weighted by Gasteiger charge is 2.51. The average Bonchev–Trinajstić information content (AvgIpc) is 1.54. The van der Waals surface area contributed by atoms with Gasteiger partial charge in [0.1, 0.15) is 0 Å². The molecule has 18 aromatic carbocycles. The Morgan fingerprint density at radius 2 is 0.475 bits per heavy atom. The number of rotatable bonds is 21. The first kappa shape index (κ1) is 88.7. The zero-order valence-corrected chi connectivity index (χ0v) is 83.7. The lowest BCUT2D eigenvalue weighted by Gasteiger charge is -2.37. The molecular formula is C139H122N2. The minimum Gasteiger partial charge on any atom is -0.310 e. The summed E-state index contributed by atoms with van der Waals surface area (Å²) in [6, 6.07) is 141. The van der Waals surface area contributed by atoms with Gasteiger partial charge in [0, 0.05) is 50.4 Å². The first-order valence-corrected chi connectivity index (χ1v) is 51.4. The molecule has 0 amide bonds. The molecule has 2 heteroatoms. The molecule has 0 aromatic heterocycles. The van der Waals surface area contributed by atoms with Gasteiger partial charge in [-0.15, -0.1) is 13.2 Å². The lowest BCUT2D eigenvalue weighted by molar-refractivity contribution is 0.422. The molecular weight excluding hydrogens is 1700 g/mol. The Bertz CT molecular complexity index is 8000. The predicted octanol–water partition coefficient (Wildman–Crippen LogP) is 36.3. The van der Waals surface area contributed by atoms with Crippen molar-refractivity contribution in [1.82, 2.24) is 0 Å². The quantitative estimate of drug-likeness (QED) is 0.0523. The number of nitrogens with zero attached hydrogens (tertiary/aromatic N) is 2. The molecule has 0 bridgehead atoms. The first-order chi connectivity index (χ1) is 68.5. The van der Waals surface area contributed by atoms with Crippen molar-refractivity contribution in [3.8, 4) is 89.0 Å². The molecule has 2 nitrogen and oxygen atoms in total. The topological polar surface area (TPSA) is 6.48 Å². The van der Waals surface area contributed by atoms with Gasteiger partial charge in [-0.1, -0.05) is 345 Å². The van der Waals surface area contributed by atoms with Gasteiger partial charge in [-0.3, -0.25) is 0 Å². The van der Waals surface area contributed by atoms with Crippen LogP contribution in [-0.4, -0.2) is 0 Å². The highest BCUT2D eigenvalue weighted by molar-refractivity contribution is 5.96. The highest BCUT2D eigenvalue weighted by atomic mass is 15.1. The van der Waals surface area contributed by atoms with Crippen LogP contribution in [0.15, 0.2) is 389 Å². The van der Waals surface area contributed by atoms with Crippen molar-refractivity contribution >= 4 is 34.1 Å². The van der Waals surface area contributed by atoms with Crippen LogP contribution >= 0.6 is 0 Å². The molecule has 18 aromatic rings. The number of unbranched alkanes of at least 4 members (excludes halogenated alkanes) is 2. The fraction of sp³-hybridized carbons (Fsp3) is 0.194. The van der Waals surface area contributed by atoms with Crippen molar-refractivity contribution in [2.24, 2.45) is 0 Å². The molecule has 0 saturated heterocycles. The first-order valence-electron chi connectivity index (χ1n) is 51.4. The van der Waals surface area contributed by atoms with Crippen molar-refractivity contribution in [1.29, 1.82) is 0 Å². The lowest BCUT2D eigenvalue weighted by Crippen LogP contribution is -2.30. The third-order valence-electron chi connectivity index (χ3n) is 33.5. The SMILES string of the molecule is C=CCCCC1(CCCC=C)c2cc(C)ccc2-c2ccc(-c3ccc4c(c3)C(C)(C)c3cc(-c5ccc6c(c5)C(c5cccc(C)c5)(c5cccc(C)c5)c5cc(C)ccc5-6)ccc3-4)cc21.Cc1ccc(N(c2ccc(C)cc2)c2ccc3c(c2)C(C)(C)c2cc(N(c4ccc(C)cc4)c4ccc(-c5ccc6c(c5)C(c5ccc7c(c5)CC7)(c5ccc7c(c5)CC7)c5cc(C)ccc5-6)cc4)ccc2-3)cc1. The molecule has 0 heterocycles. The second-order valence-corrected chi connectivity index (χ2v) is 43.0. The number of benzene rings is 18. The highest BCUT2D eigenvalue weighted by Crippen LogP contribution is 2.63. The van der Waals surface area contributed by atoms with E-state index in [1.54, 1.807) is 0 Å². The second kappa shape index (κ2) is 34.2. The van der Waals surface area contributed by atoms with Gasteiger partial charge in [0.15, 0.2) is 0 Å². The summed E-state index contributed by atoms with van der Waals surface area (Å²) in [5, 5.41) is 0. The normalized spacial score (nSPS) is 14.8. The van der Waals surface area contributed by atoms with Crippen LogP contribution in [0.25, 0.3) is 89.0 Å². The maximum absolute atomic E-state index is 4.09. The molecule has 7 aliphatic carbocycles. The number of fused-ring (bicyclic) bond motifs is 17. The summed E-state index contributed by atoms with van der Waals surface area (Å²) in [5.74, 6) is 0. The van der Waals surface area contributed by atoms with E-state index in [2.05, 4.69) is 482 Å². The van der Waals surface area contributed by atoms with Gasteiger partial charge in [-0.2, -0.15) is 0 Å². The Labute approximate surface area is 835 Å². The standard InChI is InChI=1S/C72H60N2.C67H62/c1-45-7-25-57(26-8-45)73(58-27-9-46(2)10-28-58)61-33-37-63-64-38-34-62(44-68(64)71(5,6)67(63)43-61)74(59-29-11-47(3)12-30-59)60-31-20-51(21-32-60)54-22-36-66-65-35-13-48(4)39-69(65)72(70(66)42-54,55-23-18-49-14-16-52(49)40-55)56-24-19-50-15-17-53(50)41-56;1-9-11-13-33-66(34-14-12-10-2)61-37-45(5)21-27-55(61)56-31-25-49(41-62(56)66)47-23-29-53-54-30-24-48(40-60(54)65(7,8)59(53)39-47)50-26-32-58-57-28-22-46(6)38-63(57)67(64(58)42-50,51-19-15-17-43(3)35-51)52-20-16-18-44(4)36-52/h7-13,18-44H,14-17H2,1-6H3;9-10,15-32,35-42H,1-2,11-14,33-34H2,3-8H3. The van der Waals surface area contributed by atoms with Gasteiger partial charge in [-0.25, -0.2) is 0 Å². The van der Waals surface area contributed by atoms with E-state index in [1.165, 1.54) is 247 Å². The Balaban J connectivity index is 0.000000153. The number of anilines is 6. The Morgan fingerprint density at radius 3 is 0.823 bits per heavy atom. The van der Waals surface area contributed by atoms with E-state index in [0.717, 1.165) is 85.5 Å². The third kappa shape index (κ3) is 14.4. The zero-order valence-electron chi connectivity index (χ0n) is 83.7. The average molecular weight is 1820 g/mol. The zero-order chi connectivity index (χ0) is 96.3. The van der Waals surface area contributed by atoms with Crippen LogP contribution in [0.4, 0.5) is 34.1 Å². The number of aryl methyl sites for hydroxylation is 12. The molecule has 0 N–H and O–H groups in total. The van der Waals surface area contributed by atoms with E-state index in [9.17, 15) is 0 Å². The molecule has 0 saturated carbocycles. The molecule has 0 unspecified atom stereocenters. The molecule has 0 aliphatic heterocycles. The van der Waals surface area contributed by atoms with E-state index in [1.807, 2.05) is 0 Å². The summed E-state index contributed by atoms with van der Waals surface area (Å²) in [6.07, 6.45) is 15.4. The van der Waals surface area contributed by atoms with E-state index in [4.69, 9.17) is 0 Å². The Kier molecular flexibility index (Phi) is 21.5. The number of hydrogen-bond acceptors (Lipinski definition) is 2. The van der Waals surface area contributed by atoms with Crippen LogP contribution in [-0.2, 0) is 52.8 Å². The van der Waals surface area contributed by atoms with E-state index < -0.39 is 10.8 Å². The fourth-order valence-corrected chi connectivity index (χ4v) is 25.8. The summed E-state index contributed by atoms with van der Waals surface area (Å²) in [4.78, 5) is 4.83. The second-order valence-electron chi connectivity index (χ2n) is 43.0. The molecule has 0 spiro atoms. The number of allylic oxidation sites excluding steroid dienone is 2. The largest absolute Gasteiger partial charge is 0.310 e. The summed E-state index contributed by atoms with van der Waals surface area (Å²) in [7, 11) is 0. The molecule has 0 fully saturated rings. The van der Waals surface area contributed by atoms with Crippen molar-refractivity contribution in [2.75, 3.05) is 9.80 Å². The third-order valence-corrected chi connectivity index (χ3v) is 33.5. The van der Waals surface area contributed by atoms with Gasteiger partial charge in [-0.05, 0) is 412 Å². The summed E-state index contributed by atoms with van der Waals surface area (Å²) in [6.45, 7) is 35.5. The van der Waals surface area contributed by atoms with Crippen LogP contribution in [0.5, 0.6) is 0 Å². The Hall–Kier alpha value is -15.0. The maximum atomic E-state index is 4.09. The van der Waals surface area contributed by atoms with Gasteiger partial charge >= 0.3 is 0 Å². The van der Waals surface area contributed by atoms with Gasteiger partial charge in [0.25, 0.3) is 0 Å². The monoisotopic (exact) mass is 1820 g/mol. The lowest BCUT2D eigenvalue weighted by atomic mass is 9.65. The van der Waals surface area contributed by atoms with Crippen molar-refractivity contribution in [3.05, 3.63) is 534 Å². The fourth-order valence-electron chi connectivity index (χ4n) is 25.8. The molecule has 141 heavy (non-hydrogen) atoms. The smallest absolute Gasteiger partial charge is 0.0714 e. The van der Waals surface area contributed by atoms with E-state index in [-0.39, 0.29) is 16.2 Å². The molecule has 0 atom stereocenters. The van der Waals surface area contributed by atoms with E-state index in [0.29, 0.717) is 0 Å². The van der Waals surface area contributed by atoms with Gasteiger partial charge in [0.05, 0.1) is 10.8 Å². The molecule has 688 valence electrons. The van der Waals surface area contributed by atoms with Crippen LogP contribution in [0.1, 0.15) is 211 Å². The Morgan fingerprint density at radius 1 is 0.220 bits per heavy atom. The van der Waals surface area contributed by atoms with Gasteiger partial charge in [0.2, 0.25) is 0 Å². The molecule has 7 aliphatic rings. The summed E-state index contributed by atoms with van der Waals surface area (Å²) < 4.78 is 0.